The van der Waals surface area contributed by atoms with Gasteiger partial charge in [-0.3, -0.25) is 4.98 Å². The van der Waals surface area contributed by atoms with E-state index >= 15 is 0 Å². The number of pyridine rings is 2. The molecule has 2 nitrogen and oxygen atoms in total. The summed E-state index contributed by atoms with van der Waals surface area (Å²) in [5, 5.41) is 0. The van der Waals surface area contributed by atoms with Crippen LogP contribution in [0.4, 0.5) is 0 Å². The number of aromatic nitrogens is 2. The lowest BCUT2D eigenvalue weighted by Crippen LogP contribution is -2.36. The van der Waals surface area contributed by atoms with Crippen LogP contribution in [0.5, 0.6) is 0 Å². The smallest absolute Gasteiger partial charge is 0.212 e. The maximum Gasteiger partial charge on any atom is 0.212 e. The van der Waals surface area contributed by atoms with Crippen LogP contribution < -0.4 is 4.57 Å². The highest BCUT2D eigenvalue weighted by atomic mass is 15.0. The summed E-state index contributed by atoms with van der Waals surface area (Å²) in [6.45, 7) is 8.65. The zero-order valence-corrected chi connectivity index (χ0v) is 15.1. The Morgan fingerprint density at radius 3 is 2.42 bits per heavy atom. The van der Waals surface area contributed by atoms with Crippen molar-refractivity contribution in [1.82, 2.24) is 4.98 Å². The van der Waals surface area contributed by atoms with Gasteiger partial charge in [-0.2, -0.15) is 4.57 Å². The Hall–Kier alpha value is -2.48. The molecule has 0 unspecified atom stereocenters. The summed E-state index contributed by atoms with van der Waals surface area (Å²) in [5.41, 5.74) is 12.9. The van der Waals surface area contributed by atoms with Crippen molar-refractivity contribution < 1.29 is 4.57 Å². The van der Waals surface area contributed by atoms with Crippen molar-refractivity contribution >= 4 is 0 Å². The monoisotopic (exact) mass is 315 g/mol. The van der Waals surface area contributed by atoms with E-state index in [0.29, 0.717) is 0 Å². The Bertz CT molecular complexity index is 984. The minimum absolute atomic E-state index is 0.917. The van der Waals surface area contributed by atoms with Crippen LogP contribution in [0.25, 0.3) is 22.4 Å². The Morgan fingerprint density at radius 1 is 0.875 bits per heavy atom. The second kappa shape index (κ2) is 5.27. The van der Waals surface area contributed by atoms with Gasteiger partial charge in [-0.25, -0.2) is 0 Å². The SMILES string of the molecule is Cc1cc(C)c(C)c(-c2ccc3c([n+]2C)Cc2nc(C)ccc2-3)c1. The second-order valence-electron chi connectivity index (χ2n) is 7.02. The molecule has 0 aliphatic heterocycles. The van der Waals surface area contributed by atoms with Crippen LogP contribution >= 0.6 is 0 Å². The number of hydrogen-bond acceptors (Lipinski definition) is 1. The molecular formula is C22H23N2+. The van der Waals surface area contributed by atoms with Gasteiger partial charge in [-0.05, 0) is 57.0 Å². The number of rotatable bonds is 1. The normalized spacial score (nSPS) is 12.2. The van der Waals surface area contributed by atoms with E-state index in [1.165, 1.54) is 50.5 Å². The molecule has 4 rings (SSSR count). The van der Waals surface area contributed by atoms with Crippen molar-refractivity contribution in [3.63, 3.8) is 0 Å². The van der Waals surface area contributed by atoms with Crippen LogP contribution in [0.15, 0.2) is 36.4 Å². The first kappa shape index (κ1) is 15.1. The first-order chi connectivity index (χ1) is 11.5. The summed E-state index contributed by atoms with van der Waals surface area (Å²) in [5.74, 6) is 0. The molecule has 1 aromatic carbocycles. The molecule has 0 amide bonds. The highest BCUT2D eigenvalue weighted by Crippen LogP contribution is 2.35. The first-order valence-electron chi connectivity index (χ1n) is 8.52. The molecule has 0 N–H and O–H groups in total. The van der Waals surface area contributed by atoms with Gasteiger partial charge in [0, 0.05) is 22.9 Å². The predicted molar refractivity (Wildman–Crippen MR) is 98.0 cm³/mol. The molecule has 0 atom stereocenters. The van der Waals surface area contributed by atoms with Crippen LogP contribution in [0.1, 0.15) is 33.8 Å². The zero-order chi connectivity index (χ0) is 17.0. The van der Waals surface area contributed by atoms with Gasteiger partial charge in [-0.1, -0.05) is 17.7 Å². The second-order valence-corrected chi connectivity index (χ2v) is 7.02. The third kappa shape index (κ3) is 2.17. The van der Waals surface area contributed by atoms with Gasteiger partial charge in [-0.15, -0.1) is 0 Å². The third-order valence-corrected chi connectivity index (χ3v) is 5.31. The van der Waals surface area contributed by atoms with Crippen LogP contribution in [0.3, 0.4) is 0 Å². The number of aryl methyl sites for hydroxylation is 3. The van der Waals surface area contributed by atoms with Gasteiger partial charge < -0.3 is 0 Å². The van der Waals surface area contributed by atoms with Gasteiger partial charge in [0.1, 0.15) is 7.05 Å². The van der Waals surface area contributed by atoms with E-state index in [0.717, 1.165) is 12.1 Å². The quantitative estimate of drug-likeness (QED) is 0.476. The fraction of sp³-hybridized carbons (Fsp3) is 0.273. The summed E-state index contributed by atoms with van der Waals surface area (Å²) >= 11 is 0. The van der Waals surface area contributed by atoms with Crippen LogP contribution in [-0.4, -0.2) is 4.98 Å². The summed E-state index contributed by atoms with van der Waals surface area (Å²) < 4.78 is 2.35. The maximum absolute atomic E-state index is 4.74. The largest absolute Gasteiger partial charge is 0.257 e. The molecule has 3 aromatic rings. The maximum atomic E-state index is 4.74. The van der Waals surface area contributed by atoms with Crippen molar-refractivity contribution in [2.45, 2.75) is 34.1 Å². The fourth-order valence-electron chi connectivity index (χ4n) is 3.88. The van der Waals surface area contributed by atoms with E-state index in [1.54, 1.807) is 0 Å². The van der Waals surface area contributed by atoms with Gasteiger partial charge in [0.15, 0.2) is 5.69 Å². The van der Waals surface area contributed by atoms with E-state index in [1.807, 2.05) is 0 Å². The summed E-state index contributed by atoms with van der Waals surface area (Å²) in [4.78, 5) is 4.74. The number of hydrogen-bond donors (Lipinski definition) is 0. The zero-order valence-electron chi connectivity index (χ0n) is 15.1. The molecule has 120 valence electrons. The van der Waals surface area contributed by atoms with Crippen LogP contribution in [0.2, 0.25) is 0 Å². The molecule has 0 spiro atoms. The van der Waals surface area contributed by atoms with Gasteiger partial charge in [0.25, 0.3) is 0 Å². The highest BCUT2D eigenvalue weighted by Gasteiger charge is 2.29. The Morgan fingerprint density at radius 2 is 1.62 bits per heavy atom. The third-order valence-electron chi connectivity index (χ3n) is 5.31. The van der Waals surface area contributed by atoms with Crippen molar-refractivity contribution in [3.05, 3.63) is 70.2 Å². The van der Waals surface area contributed by atoms with Crippen molar-refractivity contribution in [3.8, 4) is 22.4 Å². The molecule has 0 saturated heterocycles. The number of nitrogens with zero attached hydrogens (tertiary/aromatic N) is 2. The van der Waals surface area contributed by atoms with E-state index in [4.69, 9.17) is 4.98 Å². The molecule has 24 heavy (non-hydrogen) atoms. The number of benzene rings is 1. The van der Waals surface area contributed by atoms with Crippen LogP contribution in [0, 0.1) is 27.7 Å². The molecule has 1 aliphatic rings. The summed E-state index contributed by atoms with van der Waals surface area (Å²) in [7, 11) is 2.18. The average Bonchev–Trinajstić information content (AvgIpc) is 2.90. The summed E-state index contributed by atoms with van der Waals surface area (Å²) in [6.07, 6.45) is 0.917. The van der Waals surface area contributed by atoms with E-state index in [2.05, 4.69) is 75.7 Å². The van der Waals surface area contributed by atoms with Gasteiger partial charge in [0.05, 0.1) is 17.7 Å². The fourth-order valence-corrected chi connectivity index (χ4v) is 3.88. The minimum atomic E-state index is 0.917. The average molecular weight is 315 g/mol. The minimum Gasteiger partial charge on any atom is -0.257 e. The topological polar surface area (TPSA) is 16.8 Å². The molecular weight excluding hydrogens is 292 g/mol. The Labute approximate surface area is 143 Å². The molecule has 0 radical (unpaired) electrons. The molecule has 2 aromatic heterocycles. The lowest BCUT2D eigenvalue weighted by molar-refractivity contribution is -0.667. The van der Waals surface area contributed by atoms with Crippen molar-refractivity contribution in [1.29, 1.82) is 0 Å². The number of fused-ring (bicyclic) bond motifs is 3. The molecule has 2 heterocycles. The predicted octanol–water partition coefficient (Wildman–Crippen LogP) is 4.38. The molecule has 1 aliphatic carbocycles. The lowest BCUT2D eigenvalue weighted by Gasteiger charge is -2.11. The standard InChI is InChI=1S/C22H23N2/c1-13-10-14(2)16(4)19(11-13)21-9-8-18-17-7-6-15(3)23-20(17)12-22(18)24(21)5/h6-11H,12H2,1-5H3/q+1. The highest BCUT2D eigenvalue weighted by molar-refractivity contribution is 5.75. The Balaban J connectivity index is 1.91. The molecule has 2 heteroatoms. The van der Waals surface area contributed by atoms with E-state index in [9.17, 15) is 0 Å². The molecule has 0 saturated carbocycles. The van der Waals surface area contributed by atoms with Gasteiger partial charge >= 0.3 is 0 Å². The molecule has 0 fully saturated rings. The van der Waals surface area contributed by atoms with Crippen molar-refractivity contribution in [2.75, 3.05) is 0 Å². The Kier molecular flexibility index (Phi) is 3.31. The van der Waals surface area contributed by atoms with Crippen molar-refractivity contribution in [2.24, 2.45) is 7.05 Å². The van der Waals surface area contributed by atoms with E-state index < -0.39 is 0 Å². The van der Waals surface area contributed by atoms with E-state index in [-0.39, 0.29) is 0 Å². The van der Waals surface area contributed by atoms with Gasteiger partial charge in [0.2, 0.25) is 5.69 Å². The molecule has 0 bridgehead atoms. The first-order valence-corrected chi connectivity index (χ1v) is 8.52. The summed E-state index contributed by atoms with van der Waals surface area (Å²) in [6, 6.07) is 13.4. The van der Waals surface area contributed by atoms with Crippen LogP contribution in [-0.2, 0) is 13.5 Å². The lowest BCUT2D eigenvalue weighted by atomic mass is 9.96.